The Morgan fingerprint density at radius 2 is 1.67 bits per heavy atom. The Kier molecular flexibility index (Phi) is 4.46. The number of Topliss-reactive ketones (excluding diaryl/α,β-unsaturated/α-hetero) is 1. The average molecular weight is 401 g/mol. The van der Waals surface area contributed by atoms with Gasteiger partial charge < -0.3 is 14.0 Å². The Morgan fingerprint density at radius 3 is 2.43 bits per heavy atom. The topological polar surface area (TPSA) is 57.5 Å². The number of aryl methyl sites for hydroxylation is 1. The third-order valence-corrected chi connectivity index (χ3v) is 6.19. The normalized spacial score (nSPS) is 14.3. The van der Waals surface area contributed by atoms with E-state index >= 15 is 0 Å². The molecular weight excluding hydrogens is 378 g/mol. The van der Waals surface area contributed by atoms with Crippen molar-refractivity contribution < 1.29 is 19.1 Å². The van der Waals surface area contributed by atoms with Gasteiger partial charge in [-0.1, -0.05) is 30.3 Å². The smallest absolute Gasteiger partial charge is 0.196 e. The van der Waals surface area contributed by atoms with Crippen molar-refractivity contribution in [2.45, 2.75) is 32.2 Å². The third kappa shape index (κ3) is 2.69. The summed E-state index contributed by atoms with van der Waals surface area (Å²) < 4.78 is 13.0. The lowest BCUT2D eigenvalue weighted by Gasteiger charge is -2.18. The van der Waals surface area contributed by atoms with Gasteiger partial charge in [-0.15, -0.1) is 0 Å². The number of methoxy groups -OCH3 is 2. The monoisotopic (exact) mass is 401 g/mol. The molecule has 1 heterocycles. The van der Waals surface area contributed by atoms with Crippen LogP contribution in [0.3, 0.4) is 0 Å². The molecule has 0 saturated carbocycles. The number of carbonyl (C=O) groups excluding carboxylic acids is 2. The zero-order valence-corrected chi connectivity index (χ0v) is 17.2. The van der Waals surface area contributed by atoms with Crippen LogP contribution in [-0.2, 0) is 19.4 Å². The molecular formula is C25H23NO4. The molecule has 0 aliphatic heterocycles. The first kappa shape index (κ1) is 18.7. The Bertz CT molecular complexity index is 1190. The third-order valence-electron chi connectivity index (χ3n) is 6.19. The van der Waals surface area contributed by atoms with E-state index in [2.05, 4.69) is 4.57 Å². The fourth-order valence-corrected chi connectivity index (χ4v) is 4.82. The van der Waals surface area contributed by atoms with Gasteiger partial charge in [-0.3, -0.25) is 9.59 Å². The maximum Gasteiger partial charge on any atom is 0.196 e. The van der Waals surface area contributed by atoms with Crippen molar-refractivity contribution in [3.8, 4) is 22.8 Å². The average Bonchev–Trinajstić information content (AvgIpc) is 3.26. The largest absolute Gasteiger partial charge is 0.493 e. The molecule has 5 nitrogen and oxygen atoms in total. The van der Waals surface area contributed by atoms with Crippen molar-refractivity contribution in [2.24, 2.45) is 0 Å². The van der Waals surface area contributed by atoms with Crippen LogP contribution in [0.4, 0.5) is 0 Å². The summed E-state index contributed by atoms with van der Waals surface area (Å²) in [4.78, 5) is 25.9. The molecule has 2 aliphatic carbocycles. The number of aromatic nitrogens is 1. The molecule has 0 amide bonds. The maximum absolute atomic E-state index is 13.2. The highest BCUT2D eigenvalue weighted by molar-refractivity contribution is 6.26. The highest BCUT2D eigenvalue weighted by Crippen LogP contribution is 2.43. The zero-order valence-electron chi connectivity index (χ0n) is 17.2. The van der Waals surface area contributed by atoms with E-state index in [9.17, 15) is 9.59 Å². The van der Waals surface area contributed by atoms with Crippen LogP contribution in [0.25, 0.3) is 11.3 Å². The predicted octanol–water partition coefficient (Wildman–Crippen LogP) is 4.48. The van der Waals surface area contributed by atoms with Crippen molar-refractivity contribution in [1.82, 2.24) is 4.57 Å². The van der Waals surface area contributed by atoms with Gasteiger partial charge in [-0.25, -0.2) is 0 Å². The zero-order chi connectivity index (χ0) is 20.8. The van der Waals surface area contributed by atoms with Crippen LogP contribution in [0, 0.1) is 0 Å². The quantitative estimate of drug-likeness (QED) is 0.495. The van der Waals surface area contributed by atoms with Crippen LogP contribution < -0.4 is 9.47 Å². The highest BCUT2D eigenvalue weighted by atomic mass is 16.5. The molecule has 3 aromatic rings. The summed E-state index contributed by atoms with van der Waals surface area (Å²) in [7, 11) is 3.25. The van der Waals surface area contributed by atoms with E-state index < -0.39 is 0 Å². The van der Waals surface area contributed by atoms with Crippen LogP contribution in [0.5, 0.6) is 11.5 Å². The first-order valence-electron chi connectivity index (χ1n) is 10.3. The number of ketones is 2. The lowest BCUT2D eigenvalue weighted by molar-refractivity contribution is 0.0959. The number of fused-ring (bicyclic) bond motifs is 5. The minimum Gasteiger partial charge on any atom is -0.493 e. The lowest BCUT2D eigenvalue weighted by Crippen LogP contribution is -2.16. The van der Waals surface area contributed by atoms with E-state index in [0.717, 1.165) is 41.8 Å². The highest BCUT2D eigenvalue weighted by Gasteiger charge is 2.38. The number of carbonyl (C=O) groups is 2. The van der Waals surface area contributed by atoms with Crippen LogP contribution in [0.15, 0.2) is 42.5 Å². The molecule has 1 aromatic heterocycles. The number of ether oxygens (including phenoxy) is 2. The van der Waals surface area contributed by atoms with E-state index in [4.69, 9.17) is 9.47 Å². The van der Waals surface area contributed by atoms with E-state index in [0.29, 0.717) is 41.2 Å². The Balaban J connectivity index is 1.59. The van der Waals surface area contributed by atoms with E-state index in [-0.39, 0.29) is 11.6 Å². The van der Waals surface area contributed by atoms with E-state index in [1.807, 2.05) is 42.5 Å². The Hall–Kier alpha value is -3.34. The van der Waals surface area contributed by atoms with Crippen LogP contribution in [0.1, 0.15) is 50.4 Å². The van der Waals surface area contributed by atoms with Crippen molar-refractivity contribution in [3.63, 3.8) is 0 Å². The first-order chi connectivity index (χ1) is 14.6. The van der Waals surface area contributed by atoms with Crippen molar-refractivity contribution in [3.05, 3.63) is 70.4 Å². The molecule has 30 heavy (non-hydrogen) atoms. The van der Waals surface area contributed by atoms with E-state index in [1.54, 1.807) is 14.2 Å². The summed E-state index contributed by atoms with van der Waals surface area (Å²) >= 11 is 0. The summed E-state index contributed by atoms with van der Waals surface area (Å²) in [5, 5.41) is 0. The number of rotatable bonds is 5. The van der Waals surface area contributed by atoms with Crippen molar-refractivity contribution in [1.29, 1.82) is 0 Å². The Morgan fingerprint density at radius 1 is 0.900 bits per heavy atom. The van der Waals surface area contributed by atoms with Crippen molar-refractivity contribution >= 4 is 11.6 Å². The van der Waals surface area contributed by atoms with Gasteiger partial charge in [0.2, 0.25) is 0 Å². The second-order valence-corrected chi connectivity index (χ2v) is 7.79. The summed E-state index contributed by atoms with van der Waals surface area (Å²) in [6, 6.07) is 13.6. The number of benzene rings is 2. The first-order valence-corrected chi connectivity index (χ1v) is 10.3. The van der Waals surface area contributed by atoms with Gasteiger partial charge in [-0.2, -0.15) is 0 Å². The molecule has 5 rings (SSSR count). The van der Waals surface area contributed by atoms with Gasteiger partial charge in [0.05, 0.1) is 31.0 Å². The van der Waals surface area contributed by atoms with Gasteiger partial charge in [0.25, 0.3) is 0 Å². The SMILES string of the molecule is COc1ccc(CCn2c3c(c4c2-c2ccccc2C4=O)C(=O)CCC3)cc1OC. The number of nitrogens with zero attached hydrogens (tertiary/aromatic N) is 1. The molecule has 2 aliphatic rings. The van der Waals surface area contributed by atoms with Crippen LogP contribution in [0.2, 0.25) is 0 Å². The molecule has 0 bridgehead atoms. The van der Waals surface area contributed by atoms with Gasteiger partial charge >= 0.3 is 0 Å². The maximum atomic E-state index is 13.2. The molecule has 0 atom stereocenters. The van der Waals surface area contributed by atoms with Crippen LogP contribution in [-0.4, -0.2) is 30.4 Å². The molecule has 0 saturated heterocycles. The molecule has 5 heteroatoms. The summed E-state index contributed by atoms with van der Waals surface area (Å²) in [5.74, 6) is 1.48. The minimum absolute atomic E-state index is 0.0167. The molecule has 0 spiro atoms. The minimum atomic E-state index is -0.0167. The fourth-order valence-electron chi connectivity index (χ4n) is 4.82. The summed E-state index contributed by atoms with van der Waals surface area (Å²) in [6.45, 7) is 0.696. The summed E-state index contributed by atoms with van der Waals surface area (Å²) in [6.07, 6.45) is 2.94. The van der Waals surface area contributed by atoms with E-state index in [1.165, 1.54) is 0 Å². The predicted molar refractivity (Wildman–Crippen MR) is 114 cm³/mol. The summed E-state index contributed by atoms with van der Waals surface area (Å²) in [5.41, 5.74) is 5.95. The van der Waals surface area contributed by atoms with Crippen molar-refractivity contribution in [2.75, 3.05) is 14.2 Å². The van der Waals surface area contributed by atoms with Gasteiger partial charge in [0.15, 0.2) is 23.1 Å². The molecule has 152 valence electrons. The van der Waals surface area contributed by atoms with Crippen LogP contribution >= 0.6 is 0 Å². The fraction of sp³-hybridized carbons (Fsp3) is 0.280. The number of hydrogen-bond donors (Lipinski definition) is 0. The molecule has 2 aromatic carbocycles. The molecule has 0 N–H and O–H groups in total. The second kappa shape index (κ2) is 7.17. The van der Waals surface area contributed by atoms with Gasteiger partial charge in [-0.05, 0) is 37.0 Å². The Labute approximate surface area is 175 Å². The molecule has 0 unspecified atom stereocenters. The number of hydrogen-bond acceptors (Lipinski definition) is 4. The second-order valence-electron chi connectivity index (χ2n) is 7.79. The van der Waals surface area contributed by atoms with Gasteiger partial charge in [0, 0.05) is 29.8 Å². The lowest BCUT2D eigenvalue weighted by atomic mass is 9.92. The standard InChI is InChI=1S/C25H23NO4/c1-29-20-11-10-15(14-21(20)30-2)12-13-26-18-8-5-9-19(27)22(18)23-24(26)16-6-3-4-7-17(16)25(23)28/h3-4,6-7,10-11,14H,5,8-9,12-13H2,1-2H3. The molecule has 0 radical (unpaired) electrons. The molecule has 0 fully saturated rings. The van der Waals surface area contributed by atoms with Gasteiger partial charge in [0.1, 0.15) is 0 Å².